The number of hydrogen-bond donors (Lipinski definition) is 2. The monoisotopic (exact) mass is 263 g/mol. The number of nitrogens with two attached hydrogens (primary N) is 1. The quantitative estimate of drug-likeness (QED) is 0.819. The first-order valence-electron chi connectivity index (χ1n) is 4.87. The zero-order chi connectivity index (χ0) is 13.1. The van der Waals surface area contributed by atoms with Crippen molar-refractivity contribution in [1.29, 1.82) is 0 Å². The highest BCUT2D eigenvalue weighted by Crippen LogP contribution is 2.23. The molecule has 1 atom stereocenters. The lowest BCUT2D eigenvalue weighted by Crippen LogP contribution is -2.24. The van der Waals surface area contributed by atoms with Gasteiger partial charge in [0.05, 0.1) is 12.1 Å². The maximum Gasteiger partial charge on any atom is 0.391 e. The first kappa shape index (κ1) is 13.7. The van der Waals surface area contributed by atoms with E-state index in [1.165, 1.54) is 19.2 Å². The molecule has 0 aliphatic carbocycles. The van der Waals surface area contributed by atoms with Crippen LogP contribution in [0.4, 0.5) is 18.9 Å². The minimum Gasteiger partial charge on any atom is -0.388 e. The van der Waals surface area contributed by atoms with Crippen molar-refractivity contribution in [2.45, 2.75) is 25.6 Å². The molecule has 0 saturated carbocycles. The summed E-state index contributed by atoms with van der Waals surface area (Å²) in [6.45, 7) is 1.45. The summed E-state index contributed by atoms with van der Waals surface area (Å²) >= 11 is 4.73. The van der Waals surface area contributed by atoms with Crippen LogP contribution in [-0.2, 0) is 0 Å². The number of thiocarbonyl (C=S) groups is 1. The normalized spacial score (nSPS) is 13.2. The van der Waals surface area contributed by atoms with Crippen LogP contribution < -0.4 is 11.1 Å². The minimum absolute atomic E-state index is 0.108. The predicted molar refractivity (Wildman–Crippen MR) is 63.9 cm³/mol. The van der Waals surface area contributed by atoms with Crippen molar-refractivity contribution >= 4 is 22.9 Å². The molecule has 0 aliphatic heterocycles. The maximum atomic E-state index is 12.1. The lowest BCUT2D eigenvalue weighted by atomic mass is 10.2. The van der Waals surface area contributed by atoms with Crippen LogP contribution in [0.2, 0.25) is 0 Å². The Labute approximate surface area is 102 Å². The number of nitrogens with one attached hydrogen (secondary N) is 1. The molecule has 1 unspecified atom stereocenters. The van der Waals surface area contributed by atoms with Gasteiger partial charge in [-0.05, 0) is 19.1 Å². The molecule has 0 radical (unpaired) electrons. The van der Waals surface area contributed by atoms with E-state index >= 15 is 0 Å². The van der Waals surface area contributed by atoms with Crippen molar-refractivity contribution in [3.8, 4) is 0 Å². The molecule has 0 fully saturated rings. The Hall–Kier alpha value is -1.37. The summed E-state index contributed by atoms with van der Waals surface area (Å²) in [5.74, 6) is 0. The fourth-order valence-corrected chi connectivity index (χ4v) is 1.45. The van der Waals surface area contributed by atoms with E-state index < -0.39 is 18.6 Å². The number of halogens is 3. The van der Waals surface area contributed by atoms with Crippen LogP contribution in [0, 0.1) is 0 Å². The standard InChI is InChI=1S/C10H12F3N3S/c1-6(5-10(11,12)13)16-7-2-3-15-8(4-7)9(14)17/h2-4,6H,5H2,1H3,(H2,14,17)(H,15,16). The van der Waals surface area contributed by atoms with Gasteiger partial charge in [0.1, 0.15) is 4.99 Å². The van der Waals surface area contributed by atoms with E-state index in [2.05, 4.69) is 10.3 Å². The summed E-state index contributed by atoms with van der Waals surface area (Å²) in [5, 5.41) is 2.72. The lowest BCUT2D eigenvalue weighted by molar-refractivity contribution is -0.136. The molecule has 94 valence electrons. The third-order valence-electron chi connectivity index (χ3n) is 1.96. The highest BCUT2D eigenvalue weighted by molar-refractivity contribution is 7.80. The third kappa shape index (κ3) is 4.99. The van der Waals surface area contributed by atoms with E-state index in [0.29, 0.717) is 11.4 Å². The maximum absolute atomic E-state index is 12.1. The second-order valence-corrected chi connectivity index (χ2v) is 4.10. The molecular formula is C10H12F3N3S. The molecule has 0 bridgehead atoms. The van der Waals surface area contributed by atoms with Crippen LogP contribution in [0.1, 0.15) is 19.0 Å². The summed E-state index contributed by atoms with van der Waals surface area (Å²) in [5.41, 5.74) is 6.27. The number of alkyl halides is 3. The molecule has 0 amide bonds. The molecular weight excluding hydrogens is 251 g/mol. The van der Waals surface area contributed by atoms with Gasteiger partial charge in [0.2, 0.25) is 0 Å². The van der Waals surface area contributed by atoms with Gasteiger partial charge < -0.3 is 11.1 Å². The Morgan fingerprint density at radius 3 is 2.76 bits per heavy atom. The Balaban J connectivity index is 2.68. The van der Waals surface area contributed by atoms with Gasteiger partial charge in [0, 0.05) is 17.9 Å². The van der Waals surface area contributed by atoms with E-state index in [4.69, 9.17) is 18.0 Å². The average molecular weight is 263 g/mol. The van der Waals surface area contributed by atoms with Crippen molar-refractivity contribution in [3.05, 3.63) is 24.0 Å². The van der Waals surface area contributed by atoms with E-state index in [9.17, 15) is 13.2 Å². The Morgan fingerprint density at radius 1 is 1.59 bits per heavy atom. The highest BCUT2D eigenvalue weighted by atomic mass is 32.1. The number of nitrogens with zero attached hydrogens (tertiary/aromatic N) is 1. The molecule has 3 nitrogen and oxygen atoms in total. The van der Waals surface area contributed by atoms with Gasteiger partial charge >= 0.3 is 6.18 Å². The number of pyridine rings is 1. The SMILES string of the molecule is CC(CC(F)(F)F)Nc1ccnc(C(N)=S)c1. The van der Waals surface area contributed by atoms with Gasteiger partial charge in [-0.15, -0.1) is 0 Å². The first-order chi connectivity index (χ1) is 7.78. The molecule has 1 aromatic rings. The van der Waals surface area contributed by atoms with Crippen LogP contribution in [0.15, 0.2) is 18.3 Å². The van der Waals surface area contributed by atoms with Gasteiger partial charge in [-0.2, -0.15) is 13.2 Å². The number of hydrogen-bond acceptors (Lipinski definition) is 3. The smallest absolute Gasteiger partial charge is 0.388 e. The van der Waals surface area contributed by atoms with Crippen molar-refractivity contribution < 1.29 is 13.2 Å². The molecule has 3 N–H and O–H groups in total. The van der Waals surface area contributed by atoms with Crippen LogP contribution in [0.5, 0.6) is 0 Å². The van der Waals surface area contributed by atoms with Crippen molar-refractivity contribution in [2.24, 2.45) is 5.73 Å². The average Bonchev–Trinajstić information content (AvgIpc) is 2.14. The molecule has 1 aromatic heterocycles. The van der Waals surface area contributed by atoms with Gasteiger partial charge in [0.15, 0.2) is 0 Å². The summed E-state index contributed by atoms with van der Waals surface area (Å²) in [4.78, 5) is 4.00. The Morgan fingerprint density at radius 2 is 2.24 bits per heavy atom. The largest absolute Gasteiger partial charge is 0.391 e. The summed E-state index contributed by atoms with van der Waals surface area (Å²) in [7, 11) is 0. The molecule has 1 heterocycles. The first-order valence-corrected chi connectivity index (χ1v) is 5.28. The fraction of sp³-hybridized carbons (Fsp3) is 0.400. The summed E-state index contributed by atoms with van der Waals surface area (Å²) in [6, 6.07) is 2.36. The van der Waals surface area contributed by atoms with Crippen molar-refractivity contribution in [1.82, 2.24) is 4.98 Å². The molecule has 0 aliphatic rings. The summed E-state index contributed by atoms with van der Waals surface area (Å²) in [6.07, 6.45) is -3.65. The number of anilines is 1. The molecule has 0 saturated heterocycles. The van der Waals surface area contributed by atoms with Crippen molar-refractivity contribution in [2.75, 3.05) is 5.32 Å². The van der Waals surface area contributed by atoms with Crippen LogP contribution in [0.25, 0.3) is 0 Å². The molecule has 0 spiro atoms. The predicted octanol–water partition coefficient (Wildman–Crippen LogP) is 2.47. The van der Waals surface area contributed by atoms with Gasteiger partial charge in [-0.25, -0.2) is 0 Å². The van der Waals surface area contributed by atoms with Gasteiger partial charge in [0.25, 0.3) is 0 Å². The third-order valence-corrected chi connectivity index (χ3v) is 2.17. The van der Waals surface area contributed by atoms with E-state index in [1.807, 2.05) is 0 Å². The van der Waals surface area contributed by atoms with Crippen LogP contribution in [-0.4, -0.2) is 22.2 Å². The van der Waals surface area contributed by atoms with Crippen LogP contribution >= 0.6 is 12.2 Å². The Kier molecular flexibility index (Phi) is 4.28. The molecule has 1 rings (SSSR count). The van der Waals surface area contributed by atoms with Crippen LogP contribution in [0.3, 0.4) is 0 Å². The van der Waals surface area contributed by atoms with E-state index in [0.717, 1.165) is 0 Å². The number of aromatic nitrogens is 1. The molecule has 17 heavy (non-hydrogen) atoms. The number of rotatable bonds is 4. The summed E-state index contributed by atoms with van der Waals surface area (Å²) < 4.78 is 36.4. The highest BCUT2D eigenvalue weighted by Gasteiger charge is 2.29. The van der Waals surface area contributed by atoms with Gasteiger partial charge in [-0.1, -0.05) is 12.2 Å². The zero-order valence-corrected chi connectivity index (χ0v) is 9.90. The fourth-order valence-electron chi connectivity index (χ4n) is 1.34. The lowest BCUT2D eigenvalue weighted by Gasteiger charge is -2.17. The van der Waals surface area contributed by atoms with Gasteiger partial charge in [-0.3, -0.25) is 4.98 Å². The Bertz CT molecular complexity index is 406. The second-order valence-electron chi connectivity index (χ2n) is 3.66. The molecule has 0 aromatic carbocycles. The topological polar surface area (TPSA) is 50.9 Å². The minimum atomic E-state index is -4.19. The van der Waals surface area contributed by atoms with E-state index in [1.54, 1.807) is 6.07 Å². The molecule has 7 heteroatoms. The zero-order valence-electron chi connectivity index (χ0n) is 9.08. The second kappa shape index (κ2) is 5.31. The van der Waals surface area contributed by atoms with E-state index in [-0.39, 0.29) is 4.99 Å². The van der Waals surface area contributed by atoms with Crippen molar-refractivity contribution in [3.63, 3.8) is 0 Å².